The summed E-state index contributed by atoms with van der Waals surface area (Å²) in [4.78, 5) is 0. The molecule has 1 aliphatic carbocycles. The van der Waals surface area contributed by atoms with Gasteiger partial charge in [0.1, 0.15) is 0 Å². The predicted molar refractivity (Wildman–Crippen MR) is 32.1 cm³/mol. The lowest BCUT2D eigenvalue weighted by atomic mass is 10.3. The van der Waals surface area contributed by atoms with Crippen LogP contribution in [0.4, 0.5) is 0 Å². The third kappa shape index (κ3) is 1.05. The van der Waals surface area contributed by atoms with Crippen molar-refractivity contribution < 1.29 is 0 Å². The number of rotatable bonds is 1. The topological polar surface area (TPSA) is 0 Å². The van der Waals surface area contributed by atoms with E-state index < -0.39 is 0 Å². The van der Waals surface area contributed by atoms with Gasteiger partial charge in [0.25, 0.3) is 0 Å². The molecule has 0 bridgehead atoms. The third-order valence-corrected chi connectivity index (χ3v) is 1.61. The van der Waals surface area contributed by atoms with Crippen LogP contribution < -0.4 is 0 Å². The van der Waals surface area contributed by atoms with Crippen molar-refractivity contribution in [1.82, 2.24) is 0 Å². The van der Waals surface area contributed by atoms with E-state index in [9.17, 15) is 0 Å². The Morgan fingerprint density at radius 1 is 1.57 bits per heavy atom. The maximum absolute atomic E-state index is 2.30. The minimum absolute atomic E-state index is 0.935. The fourth-order valence-corrected chi connectivity index (χ4v) is 0.866. The SMILES string of the molecule is C/C=C/[C@@H]1C[C@H]1C. The van der Waals surface area contributed by atoms with Gasteiger partial charge in [-0.05, 0) is 25.2 Å². The molecule has 0 aromatic carbocycles. The van der Waals surface area contributed by atoms with E-state index in [4.69, 9.17) is 0 Å². The molecule has 0 saturated heterocycles. The summed E-state index contributed by atoms with van der Waals surface area (Å²) in [6, 6.07) is 0. The second-order valence-corrected chi connectivity index (χ2v) is 2.40. The highest BCUT2D eigenvalue weighted by molar-refractivity contribution is 4.98. The molecule has 0 nitrogen and oxygen atoms in total. The van der Waals surface area contributed by atoms with E-state index in [2.05, 4.69) is 26.0 Å². The minimum Gasteiger partial charge on any atom is -0.0914 e. The lowest BCUT2D eigenvalue weighted by Gasteiger charge is -1.75. The van der Waals surface area contributed by atoms with E-state index >= 15 is 0 Å². The van der Waals surface area contributed by atoms with Gasteiger partial charge in [-0.1, -0.05) is 19.1 Å². The van der Waals surface area contributed by atoms with Crippen molar-refractivity contribution in [2.24, 2.45) is 11.8 Å². The van der Waals surface area contributed by atoms with E-state index in [1.165, 1.54) is 6.42 Å². The zero-order valence-corrected chi connectivity index (χ0v) is 5.02. The van der Waals surface area contributed by atoms with Crippen molar-refractivity contribution in [3.05, 3.63) is 12.2 Å². The van der Waals surface area contributed by atoms with Crippen LogP contribution in [0.2, 0.25) is 0 Å². The molecule has 0 radical (unpaired) electrons. The molecule has 1 fully saturated rings. The summed E-state index contributed by atoms with van der Waals surface area (Å²) in [5.74, 6) is 1.92. The largest absolute Gasteiger partial charge is 0.0914 e. The fraction of sp³-hybridized carbons (Fsp3) is 0.714. The highest BCUT2D eigenvalue weighted by Gasteiger charge is 2.28. The van der Waals surface area contributed by atoms with Gasteiger partial charge in [0.05, 0.1) is 0 Å². The highest BCUT2D eigenvalue weighted by Crippen LogP contribution is 2.38. The standard InChI is InChI=1S/C7H12/c1-3-4-7-5-6(7)2/h3-4,6-7H,5H2,1-2H3/b4-3+/t6-,7-/m1/s1. The maximum Gasteiger partial charge on any atom is -0.0205 e. The summed E-state index contributed by atoms with van der Waals surface area (Å²) in [5, 5.41) is 0. The van der Waals surface area contributed by atoms with Gasteiger partial charge in [-0.25, -0.2) is 0 Å². The summed E-state index contributed by atoms with van der Waals surface area (Å²) < 4.78 is 0. The summed E-state index contributed by atoms with van der Waals surface area (Å²) in [6.07, 6.45) is 5.86. The Balaban J connectivity index is 2.21. The Bertz CT molecular complexity index is 82.0. The number of hydrogen-bond acceptors (Lipinski definition) is 0. The third-order valence-electron chi connectivity index (χ3n) is 1.61. The molecule has 0 aromatic rings. The second kappa shape index (κ2) is 1.69. The van der Waals surface area contributed by atoms with E-state index in [0.717, 1.165) is 11.8 Å². The molecule has 1 rings (SSSR count). The summed E-state index contributed by atoms with van der Waals surface area (Å²) >= 11 is 0. The van der Waals surface area contributed by atoms with Crippen LogP contribution in [0, 0.1) is 11.8 Å². The molecular weight excluding hydrogens is 84.1 g/mol. The first-order chi connectivity index (χ1) is 3.34. The van der Waals surface area contributed by atoms with Crippen molar-refractivity contribution >= 4 is 0 Å². The average Bonchev–Trinajstić information content (AvgIpc) is 2.22. The summed E-state index contributed by atoms with van der Waals surface area (Å²) in [6.45, 7) is 4.38. The first-order valence-electron chi connectivity index (χ1n) is 2.97. The second-order valence-electron chi connectivity index (χ2n) is 2.40. The Hall–Kier alpha value is -0.260. The first kappa shape index (κ1) is 4.89. The molecule has 0 amide bonds. The molecular formula is C7H12. The Kier molecular flexibility index (Phi) is 1.18. The van der Waals surface area contributed by atoms with Gasteiger partial charge < -0.3 is 0 Å². The summed E-state index contributed by atoms with van der Waals surface area (Å²) in [5.41, 5.74) is 0. The Morgan fingerprint density at radius 3 is 2.29 bits per heavy atom. The predicted octanol–water partition coefficient (Wildman–Crippen LogP) is 2.22. The van der Waals surface area contributed by atoms with Crippen LogP contribution in [0.25, 0.3) is 0 Å². The molecule has 0 aromatic heterocycles. The Labute approximate surface area is 45.2 Å². The fourth-order valence-electron chi connectivity index (χ4n) is 0.866. The normalized spacial score (nSPS) is 39.7. The molecule has 0 spiro atoms. The zero-order valence-electron chi connectivity index (χ0n) is 5.02. The first-order valence-corrected chi connectivity index (χ1v) is 2.97. The van der Waals surface area contributed by atoms with Crippen molar-refractivity contribution in [2.75, 3.05) is 0 Å². The highest BCUT2D eigenvalue weighted by atomic mass is 14.3. The zero-order chi connectivity index (χ0) is 5.28. The van der Waals surface area contributed by atoms with Crippen LogP contribution in [0.5, 0.6) is 0 Å². The molecule has 7 heavy (non-hydrogen) atoms. The van der Waals surface area contributed by atoms with Crippen LogP contribution in [-0.2, 0) is 0 Å². The molecule has 1 saturated carbocycles. The van der Waals surface area contributed by atoms with Gasteiger partial charge in [0, 0.05) is 0 Å². The van der Waals surface area contributed by atoms with Crippen LogP contribution in [0.3, 0.4) is 0 Å². The molecule has 0 aliphatic heterocycles. The molecule has 0 N–H and O–H groups in total. The molecule has 2 atom stereocenters. The lowest BCUT2D eigenvalue weighted by Crippen LogP contribution is -1.64. The smallest absolute Gasteiger partial charge is 0.0205 e. The van der Waals surface area contributed by atoms with Crippen LogP contribution in [0.1, 0.15) is 20.3 Å². The van der Waals surface area contributed by atoms with Crippen LogP contribution in [0.15, 0.2) is 12.2 Å². The lowest BCUT2D eigenvalue weighted by molar-refractivity contribution is 0.898. The average molecular weight is 96.2 g/mol. The van der Waals surface area contributed by atoms with Gasteiger partial charge in [-0.3, -0.25) is 0 Å². The van der Waals surface area contributed by atoms with Gasteiger partial charge >= 0.3 is 0 Å². The molecule has 0 heteroatoms. The van der Waals surface area contributed by atoms with E-state index in [-0.39, 0.29) is 0 Å². The van der Waals surface area contributed by atoms with Crippen molar-refractivity contribution in [2.45, 2.75) is 20.3 Å². The number of allylic oxidation sites excluding steroid dienone is 2. The van der Waals surface area contributed by atoms with Gasteiger partial charge in [-0.2, -0.15) is 0 Å². The van der Waals surface area contributed by atoms with E-state index in [1.54, 1.807) is 0 Å². The molecule has 0 heterocycles. The molecule has 40 valence electrons. The van der Waals surface area contributed by atoms with Crippen LogP contribution >= 0.6 is 0 Å². The van der Waals surface area contributed by atoms with Gasteiger partial charge in [0.15, 0.2) is 0 Å². The van der Waals surface area contributed by atoms with Crippen LogP contribution in [-0.4, -0.2) is 0 Å². The van der Waals surface area contributed by atoms with E-state index in [0.29, 0.717) is 0 Å². The van der Waals surface area contributed by atoms with E-state index in [1.807, 2.05) is 0 Å². The minimum atomic E-state index is 0.935. The quantitative estimate of drug-likeness (QED) is 0.439. The van der Waals surface area contributed by atoms with Gasteiger partial charge in [0.2, 0.25) is 0 Å². The van der Waals surface area contributed by atoms with Crippen molar-refractivity contribution in [3.8, 4) is 0 Å². The monoisotopic (exact) mass is 96.1 g/mol. The number of hydrogen-bond donors (Lipinski definition) is 0. The molecule has 1 aliphatic rings. The maximum atomic E-state index is 2.30. The Morgan fingerprint density at radius 2 is 2.14 bits per heavy atom. The summed E-state index contributed by atoms with van der Waals surface area (Å²) in [7, 11) is 0. The molecule has 0 unspecified atom stereocenters. The van der Waals surface area contributed by atoms with Crippen molar-refractivity contribution in [3.63, 3.8) is 0 Å². The van der Waals surface area contributed by atoms with Crippen molar-refractivity contribution in [1.29, 1.82) is 0 Å². The van der Waals surface area contributed by atoms with Gasteiger partial charge in [-0.15, -0.1) is 0 Å².